The maximum absolute atomic E-state index is 12.7. The molecule has 12 aromatic heterocycles. The Labute approximate surface area is 844 Å². The predicted octanol–water partition coefficient (Wildman–Crippen LogP) is 28.9. The first kappa shape index (κ1) is 97.5. The molecule has 0 radical (unpaired) electrons. The molecule has 0 saturated heterocycles. The monoisotopic (exact) mass is 2060 g/mol. The van der Waals surface area contributed by atoms with E-state index < -0.39 is 0 Å². The highest BCUT2D eigenvalue weighted by Crippen LogP contribution is 2.40. The van der Waals surface area contributed by atoms with Gasteiger partial charge in [-0.25, -0.2) is 24.9 Å². The fourth-order valence-electron chi connectivity index (χ4n) is 17.5. The number of nitrogens with one attached hydrogen (secondary N) is 6. The van der Waals surface area contributed by atoms with E-state index in [-0.39, 0.29) is 47.5 Å². The van der Waals surface area contributed by atoms with Crippen molar-refractivity contribution >= 4 is 269 Å². The van der Waals surface area contributed by atoms with Crippen molar-refractivity contribution in [2.24, 2.45) is 23.7 Å². The molecule has 22 rings (SSSR count). The van der Waals surface area contributed by atoms with Gasteiger partial charge in [-0.15, -0.1) is 66.9 Å². The Morgan fingerprint density at radius 1 is 0.328 bits per heavy atom. The number of rotatable bonds is 22. The maximum Gasteiger partial charge on any atom is 0.259 e. The van der Waals surface area contributed by atoms with Gasteiger partial charge in [0, 0.05) is 195 Å². The summed E-state index contributed by atoms with van der Waals surface area (Å²) in [6.07, 6.45) is 38.0. The minimum absolute atomic E-state index is 0.121. The normalized spacial score (nSPS) is 13.8. The first-order chi connectivity index (χ1) is 66.3. The van der Waals surface area contributed by atoms with E-state index in [1.165, 1.54) is 158 Å². The summed E-state index contributed by atoms with van der Waals surface area (Å²) in [7, 11) is 0. The molecule has 706 valence electrons. The standard InChI is InChI=1S/C19H20ClN3OS.C18H18ClN3OS.C17H16ClN3OS.C16H14ClN3OS.C16H16ClN3OS.C14H13ClN4OS/c20-14-6-7-15-16(18(24)22-19-21-8-9-25-19)12-23(17(15)10-14)11-13-4-2-1-3-5-13;19-13-5-6-14-15(17(23)21-18-20-7-8-24-18)11-22(16(14)9-13)10-12-3-1-2-4-12;18-12-4-5-13-14(16(22)20-17-19-6-7-23-17)10-21(15(13)8-12)9-11-2-1-3-11;17-11-3-4-12-13(15(21)19-16-18-5-6-22-16)9-20(14(12)7-11)8-10-1-2-10;1-9(2)20-8-13(12-5-4-11(17)6-14(12)20)15(21)19-16-18-7-10(3)22-16;1-8(2)19-6-11(10-4-3-9(15)5-12(10)19)13(20)17-14-18-16-7-21-14/h6-10,12-13H,1-5,11H2,(H,21,22,24);5-9,11-12H,1-4,10H2,(H,20,21,23);4-8,10-11H,1-3,9H2,(H,19,20,22);3-7,9-10H,1-2,8H2,(H,18,19,21);4-9H,1-3H3,(H,18,19,21);3-8H,1-2H3,(H,17,18,20). The number of benzene rings is 6. The zero-order valence-corrected chi connectivity index (χ0v) is 84.7. The van der Waals surface area contributed by atoms with Gasteiger partial charge in [0.2, 0.25) is 5.13 Å². The average Bonchev–Trinajstić information content (AvgIpc) is 1.64. The number of aryl methyl sites for hydroxylation is 1. The number of fused-ring (bicyclic) bond motifs is 6. The molecular formula is C100H97Cl6N19O6S6. The number of thiazole rings is 5. The Hall–Kier alpha value is -11.2. The third kappa shape index (κ3) is 24.2. The summed E-state index contributed by atoms with van der Waals surface area (Å²) in [6, 6.07) is 34.4. The SMILES string of the molecule is CC(C)n1cc(C(=O)Nc2nncs2)c2ccc(Cl)cc21.Cc1cnc(NC(=O)c2cn(C(C)C)c3cc(Cl)ccc23)s1.O=C(Nc1nccs1)c1cn(CC2CC2)c2cc(Cl)ccc12.O=C(Nc1nccs1)c1cn(CC2CCC2)c2cc(Cl)ccc12.O=C(Nc1nccs1)c1cn(CC2CCCC2)c2cc(Cl)ccc12.O=C(Nc1nccs1)c1cn(CC2CCCCC2)c2cc(Cl)ccc12. The smallest absolute Gasteiger partial charge is 0.259 e. The Bertz CT molecular complexity index is 7300. The third-order valence-electron chi connectivity index (χ3n) is 24.5. The van der Waals surface area contributed by atoms with Gasteiger partial charge in [0.15, 0.2) is 25.7 Å². The zero-order chi connectivity index (χ0) is 95.5. The van der Waals surface area contributed by atoms with E-state index in [0.717, 1.165) is 102 Å². The lowest BCUT2D eigenvalue weighted by atomic mass is 9.85. The molecule has 12 heterocycles. The number of amides is 6. The Balaban J connectivity index is 0.000000114. The van der Waals surface area contributed by atoms with Crippen LogP contribution in [0.2, 0.25) is 30.1 Å². The van der Waals surface area contributed by atoms with Crippen LogP contribution < -0.4 is 31.9 Å². The molecule has 0 unspecified atom stereocenters. The minimum Gasteiger partial charge on any atom is -0.346 e. The van der Waals surface area contributed by atoms with Crippen LogP contribution in [0.25, 0.3) is 65.4 Å². The summed E-state index contributed by atoms with van der Waals surface area (Å²) in [4.78, 5) is 97.2. The molecule has 18 aromatic rings. The lowest BCUT2D eigenvalue weighted by Gasteiger charge is -2.26. The van der Waals surface area contributed by atoms with Gasteiger partial charge in [-0.1, -0.05) is 156 Å². The van der Waals surface area contributed by atoms with Crippen molar-refractivity contribution in [3.8, 4) is 0 Å². The van der Waals surface area contributed by atoms with Gasteiger partial charge in [-0.3, -0.25) is 60.7 Å². The molecule has 25 nitrogen and oxygen atoms in total. The number of halogens is 6. The highest BCUT2D eigenvalue weighted by atomic mass is 35.5. The molecule has 0 spiro atoms. The summed E-state index contributed by atoms with van der Waals surface area (Å²) in [5.74, 6) is 1.96. The number of nitrogens with zero attached hydrogens (tertiary/aromatic N) is 13. The van der Waals surface area contributed by atoms with E-state index in [2.05, 4.69) is 118 Å². The second-order valence-electron chi connectivity index (χ2n) is 34.8. The van der Waals surface area contributed by atoms with Gasteiger partial charge in [0.05, 0.1) is 66.5 Å². The molecule has 0 aliphatic heterocycles. The van der Waals surface area contributed by atoms with Crippen molar-refractivity contribution in [1.82, 2.24) is 62.5 Å². The fourth-order valence-corrected chi connectivity index (χ4v) is 21.7. The molecule has 4 saturated carbocycles. The lowest BCUT2D eigenvalue weighted by Crippen LogP contribution is -2.17. The molecule has 0 atom stereocenters. The average molecular weight is 2070 g/mol. The molecule has 6 amide bonds. The maximum atomic E-state index is 12.7. The number of aromatic nitrogens is 13. The summed E-state index contributed by atoms with van der Waals surface area (Å²) >= 11 is 45.3. The van der Waals surface area contributed by atoms with Crippen LogP contribution in [0.15, 0.2) is 204 Å². The van der Waals surface area contributed by atoms with Gasteiger partial charge < -0.3 is 27.4 Å². The quantitative estimate of drug-likeness (QED) is 0.0368. The van der Waals surface area contributed by atoms with Crippen LogP contribution in [0, 0.1) is 30.6 Å². The largest absolute Gasteiger partial charge is 0.346 e. The molecule has 37 heteroatoms. The number of hydrogen-bond acceptors (Lipinski definition) is 19. The lowest BCUT2D eigenvalue weighted by molar-refractivity contribution is 0.102. The minimum atomic E-state index is -0.196. The van der Waals surface area contributed by atoms with E-state index in [1.807, 2.05) is 167 Å². The molecular weight excluding hydrogens is 1970 g/mol. The van der Waals surface area contributed by atoms with Crippen LogP contribution in [0.5, 0.6) is 0 Å². The van der Waals surface area contributed by atoms with Crippen molar-refractivity contribution in [2.45, 2.75) is 163 Å². The fraction of sp³-hybridized carbons (Fsp3) is 0.290. The summed E-state index contributed by atoms with van der Waals surface area (Å²) in [6.45, 7) is 14.0. The predicted molar refractivity (Wildman–Crippen MR) is 564 cm³/mol. The molecule has 6 aromatic carbocycles. The molecule has 4 aliphatic rings. The van der Waals surface area contributed by atoms with Crippen LogP contribution in [0.1, 0.15) is 197 Å². The highest BCUT2D eigenvalue weighted by Gasteiger charge is 2.29. The molecule has 4 aliphatic carbocycles. The summed E-state index contributed by atoms with van der Waals surface area (Å²) < 4.78 is 12.8. The second kappa shape index (κ2) is 44.7. The Morgan fingerprint density at radius 2 is 0.599 bits per heavy atom. The third-order valence-corrected chi connectivity index (χ3v) is 30.1. The van der Waals surface area contributed by atoms with Crippen molar-refractivity contribution in [2.75, 3.05) is 31.9 Å². The summed E-state index contributed by atoms with van der Waals surface area (Å²) in [5, 5.41) is 45.1. The van der Waals surface area contributed by atoms with E-state index in [0.29, 0.717) is 112 Å². The first-order valence-corrected chi connectivity index (χ1v) is 52.7. The molecule has 0 bridgehead atoms. The number of anilines is 6. The van der Waals surface area contributed by atoms with Crippen LogP contribution >= 0.6 is 138 Å². The zero-order valence-electron chi connectivity index (χ0n) is 75.3. The second-order valence-corrected chi connectivity index (χ2v) is 43.1. The van der Waals surface area contributed by atoms with Crippen molar-refractivity contribution in [3.05, 3.63) is 273 Å². The van der Waals surface area contributed by atoms with Gasteiger partial charge in [0.1, 0.15) is 5.51 Å². The van der Waals surface area contributed by atoms with Crippen LogP contribution in [-0.4, -0.2) is 98.0 Å². The number of hydrogen-bond donors (Lipinski definition) is 6. The van der Waals surface area contributed by atoms with Crippen LogP contribution in [-0.2, 0) is 26.2 Å². The van der Waals surface area contributed by atoms with Crippen molar-refractivity contribution in [3.63, 3.8) is 0 Å². The van der Waals surface area contributed by atoms with E-state index >= 15 is 0 Å². The van der Waals surface area contributed by atoms with E-state index in [4.69, 9.17) is 69.6 Å². The highest BCUT2D eigenvalue weighted by molar-refractivity contribution is 7.16. The van der Waals surface area contributed by atoms with Gasteiger partial charge in [0.25, 0.3) is 35.4 Å². The first-order valence-electron chi connectivity index (χ1n) is 45.2. The van der Waals surface area contributed by atoms with E-state index in [9.17, 15) is 28.8 Å². The Kier molecular flexibility index (Phi) is 31.8. The summed E-state index contributed by atoms with van der Waals surface area (Å²) in [5.41, 5.74) is 11.5. The van der Waals surface area contributed by atoms with Gasteiger partial charge >= 0.3 is 0 Å². The van der Waals surface area contributed by atoms with Crippen LogP contribution in [0.4, 0.5) is 30.8 Å². The molecule has 6 N–H and O–H groups in total. The van der Waals surface area contributed by atoms with Gasteiger partial charge in [-0.05, 0) is 182 Å². The molecule has 4 fully saturated rings. The van der Waals surface area contributed by atoms with Crippen molar-refractivity contribution in [1.29, 1.82) is 0 Å². The number of carbonyl (C=O) groups excluding carboxylic acids is 6. The Morgan fingerprint density at radius 3 is 0.854 bits per heavy atom. The topological polar surface area (TPSA) is 294 Å². The van der Waals surface area contributed by atoms with E-state index in [1.54, 1.807) is 48.6 Å². The van der Waals surface area contributed by atoms with Gasteiger partial charge in [-0.2, -0.15) is 0 Å². The van der Waals surface area contributed by atoms with Crippen LogP contribution in [0.3, 0.4) is 0 Å². The molecule has 137 heavy (non-hydrogen) atoms. The van der Waals surface area contributed by atoms with Crippen molar-refractivity contribution < 1.29 is 28.8 Å². The number of carbonyl (C=O) groups is 6.